The lowest BCUT2D eigenvalue weighted by atomic mass is 9.97. The van der Waals surface area contributed by atoms with Crippen molar-refractivity contribution in [3.63, 3.8) is 0 Å². The van der Waals surface area contributed by atoms with Gasteiger partial charge in [0.1, 0.15) is 5.82 Å². The number of benzene rings is 3. The zero-order chi connectivity index (χ0) is 27.8. The van der Waals surface area contributed by atoms with Gasteiger partial charge in [0.05, 0.1) is 33.1 Å². The van der Waals surface area contributed by atoms with E-state index in [1.54, 1.807) is 6.92 Å². The number of halogens is 5. The summed E-state index contributed by atoms with van der Waals surface area (Å²) in [6.45, 7) is 1.55. The van der Waals surface area contributed by atoms with E-state index in [4.69, 9.17) is 26.6 Å². The van der Waals surface area contributed by atoms with Crippen molar-refractivity contribution in [2.75, 3.05) is 5.32 Å². The quantitative estimate of drug-likeness (QED) is 0.194. The molecule has 0 saturated heterocycles. The molecule has 0 radical (unpaired) electrons. The molecule has 0 aliphatic rings. The number of nitrogens with zero attached hydrogens (tertiary/aromatic N) is 2. The van der Waals surface area contributed by atoms with Crippen molar-refractivity contribution in [3.05, 3.63) is 99.1 Å². The molecule has 0 spiro atoms. The molecule has 0 unspecified atom stereocenters. The number of carbonyl (C=O) groups excluding carboxylic acids is 1. The molecule has 3 aromatic carbocycles. The number of aromatic carboxylic acids is 1. The summed E-state index contributed by atoms with van der Waals surface area (Å²) in [5.41, 5.74) is -3.33. The van der Waals surface area contributed by atoms with E-state index in [0.717, 1.165) is 30.3 Å². The van der Waals surface area contributed by atoms with Crippen molar-refractivity contribution < 1.29 is 36.8 Å². The Bertz CT molecular complexity index is 1600. The molecule has 0 atom stereocenters. The maximum Gasteiger partial charge on any atom is 0.417 e. The highest BCUT2D eigenvalue weighted by molar-refractivity contribution is 6.34. The van der Waals surface area contributed by atoms with Gasteiger partial charge in [-0.3, -0.25) is 10.2 Å². The van der Waals surface area contributed by atoms with Crippen molar-refractivity contribution >= 4 is 34.9 Å². The number of hydrogen-bond acceptors (Lipinski definition) is 6. The Morgan fingerprint density at radius 3 is 2.39 bits per heavy atom. The average Bonchev–Trinajstić information content (AvgIpc) is 3.29. The Hall–Kier alpha value is -4.58. The number of rotatable bonds is 6. The van der Waals surface area contributed by atoms with E-state index in [-0.39, 0.29) is 39.7 Å². The summed E-state index contributed by atoms with van der Waals surface area (Å²) in [5.74, 6) is -3.35. The second kappa shape index (κ2) is 10.1. The van der Waals surface area contributed by atoms with E-state index < -0.39 is 45.7 Å². The third kappa shape index (κ3) is 5.25. The number of alkyl halides is 3. The van der Waals surface area contributed by atoms with Crippen LogP contribution in [0, 0.1) is 18.2 Å². The number of nitrogens with one attached hydrogen (secondary N) is 2. The van der Waals surface area contributed by atoms with Crippen molar-refractivity contribution in [2.45, 2.75) is 13.1 Å². The van der Waals surface area contributed by atoms with E-state index in [1.165, 1.54) is 18.2 Å². The highest BCUT2D eigenvalue weighted by Gasteiger charge is 2.36. The fraction of sp³-hybridized carbons (Fsp3) is 0.0800. The number of anilines is 1. The minimum Gasteiger partial charge on any atom is -0.478 e. The Morgan fingerprint density at radius 1 is 1.08 bits per heavy atom. The SMILES string of the molecule is Cc1noc(-c2ccc(C(=N)c3ccc(C(=O)O)cc3F)c(NC(=O)c3c(Cl)cccc3C(F)(F)F)c2)n1. The number of aromatic nitrogens is 2. The van der Waals surface area contributed by atoms with Crippen LogP contribution in [-0.4, -0.2) is 32.8 Å². The lowest BCUT2D eigenvalue weighted by Crippen LogP contribution is -2.21. The third-order valence-corrected chi connectivity index (χ3v) is 5.66. The lowest BCUT2D eigenvalue weighted by molar-refractivity contribution is -0.137. The van der Waals surface area contributed by atoms with Gasteiger partial charge in [-0.05, 0) is 55.5 Å². The Balaban J connectivity index is 1.83. The van der Waals surface area contributed by atoms with Gasteiger partial charge in [0.25, 0.3) is 11.8 Å². The number of amides is 1. The smallest absolute Gasteiger partial charge is 0.417 e. The van der Waals surface area contributed by atoms with Gasteiger partial charge in [-0.25, -0.2) is 9.18 Å². The van der Waals surface area contributed by atoms with Crippen LogP contribution in [0.5, 0.6) is 0 Å². The summed E-state index contributed by atoms with van der Waals surface area (Å²) < 4.78 is 60.6. The van der Waals surface area contributed by atoms with Crippen LogP contribution in [0.2, 0.25) is 5.02 Å². The zero-order valence-electron chi connectivity index (χ0n) is 19.2. The molecule has 1 heterocycles. The van der Waals surface area contributed by atoms with Crippen LogP contribution in [0.25, 0.3) is 11.5 Å². The third-order valence-electron chi connectivity index (χ3n) is 5.34. The standard InChI is InChI=1S/C25H15ClF4N4O4/c1-11-32-23(38-34-11)12-5-8-15(21(31)14-7-6-13(24(36)37)9-18(14)27)19(10-12)33-22(35)20-16(25(28,29)30)3-2-4-17(20)26/h2-10,31H,1H3,(H,33,35)(H,36,37). The fourth-order valence-corrected chi connectivity index (χ4v) is 3.85. The second-order valence-electron chi connectivity index (χ2n) is 7.90. The Labute approximate surface area is 216 Å². The first-order valence-corrected chi connectivity index (χ1v) is 11.0. The Kier molecular flexibility index (Phi) is 7.01. The first kappa shape index (κ1) is 26.5. The number of aryl methyl sites for hydroxylation is 1. The molecule has 0 aliphatic heterocycles. The minimum absolute atomic E-state index is 0.0156. The van der Waals surface area contributed by atoms with Crippen LogP contribution in [-0.2, 0) is 6.18 Å². The maximum atomic E-state index is 14.7. The van der Waals surface area contributed by atoms with Crippen LogP contribution in [0.3, 0.4) is 0 Å². The molecule has 13 heteroatoms. The van der Waals surface area contributed by atoms with Gasteiger partial charge in [-0.1, -0.05) is 22.8 Å². The summed E-state index contributed by atoms with van der Waals surface area (Å²) in [7, 11) is 0. The minimum atomic E-state index is -4.90. The van der Waals surface area contributed by atoms with Crippen LogP contribution in [0.15, 0.2) is 59.1 Å². The largest absolute Gasteiger partial charge is 0.478 e. The summed E-state index contributed by atoms with van der Waals surface area (Å²) >= 11 is 5.95. The lowest BCUT2D eigenvalue weighted by Gasteiger charge is -2.17. The molecule has 0 aliphatic carbocycles. The molecule has 1 amide bonds. The van der Waals surface area contributed by atoms with E-state index in [1.807, 2.05) is 0 Å². The maximum absolute atomic E-state index is 14.7. The van der Waals surface area contributed by atoms with Crippen LogP contribution >= 0.6 is 11.6 Å². The summed E-state index contributed by atoms with van der Waals surface area (Å²) in [6.07, 6.45) is -4.90. The van der Waals surface area contributed by atoms with Gasteiger partial charge >= 0.3 is 12.1 Å². The topological polar surface area (TPSA) is 129 Å². The van der Waals surface area contributed by atoms with E-state index >= 15 is 0 Å². The molecule has 0 fully saturated rings. The summed E-state index contributed by atoms with van der Waals surface area (Å²) in [5, 5.41) is 23.1. The molecule has 1 aromatic heterocycles. The normalized spacial score (nSPS) is 11.3. The first-order chi connectivity index (χ1) is 17.9. The fourth-order valence-electron chi connectivity index (χ4n) is 3.58. The average molecular weight is 547 g/mol. The molecule has 4 rings (SSSR count). The molecular weight excluding hydrogens is 532 g/mol. The molecule has 194 valence electrons. The second-order valence-corrected chi connectivity index (χ2v) is 8.30. The predicted octanol–water partition coefficient (Wildman–Crippen LogP) is 6.22. The van der Waals surface area contributed by atoms with Crippen LogP contribution < -0.4 is 5.32 Å². The number of carboxylic acids is 1. The van der Waals surface area contributed by atoms with Gasteiger partial charge in [0.15, 0.2) is 5.82 Å². The van der Waals surface area contributed by atoms with E-state index in [2.05, 4.69) is 15.5 Å². The molecule has 0 bridgehead atoms. The van der Waals surface area contributed by atoms with Crippen LogP contribution in [0.4, 0.5) is 23.2 Å². The molecule has 4 aromatic rings. The highest BCUT2D eigenvalue weighted by atomic mass is 35.5. The first-order valence-electron chi connectivity index (χ1n) is 10.6. The summed E-state index contributed by atoms with van der Waals surface area (Å²) in [4.78, 5) is 28.3. The van der Waals surface area contributed by atoms with Crippen molar-refractivity contribution in [2.24, 2.45) is 0 Å². The zero-order valence-corrected chi connectivity index (χ0v) is 19.9. The predicted molar refractivity (Wildman–Crippen MR) is 128 cm³/mol. The monoisotopic (exact) mass is 546 g/mol. The van der Waals surface area contributed by atoms with Crippen LogP contribution in [0.1, 0.15) is 43.2 Å². The molecular formula is C25H15ClF4N4O4. The highest BCUT2D eigenvalue weighted by Crippen LogP contribution is 2.36. The molecule has 0 saturated carbocycles. The van der Waals surface area contributed by atoms with Crippen molar-refractivity contribution in [1.82, 2.24) is 10.1 Å². The van der Waals surface area contributed by atoms with Crippen molar-refractivity contribution in [3.8, 4) is 11.5 Å². The molecule has 8 nitrogen and oxygen atoms in total. The van der Waals surface area contributed by atoms with Gasteiger partial charge < -0.3 is 14.9 Å². The van der Waals surface area contributed by atoms with E-state index in [9.17, 15) is 27.2 Å². The Morgan fingerprint density at radius 2 is 1.79 bits per heavy atom. The van der Waals surface area contributed by atoms with E-state index in [0.29, 0.717) is 6.07 Å². The number of carboxylic acid groups (broad SMARTS) is 1. The number of carbonyl (C=O) groups is 2. The molecule has 38 heavy (non-hydrogen) atoms. The van der Waals surface area contributed by atoms with Gasteiger partial charge in [0, 0.05) is 16.7 Å². The van der Waals surface area contributed by atoms with Gasteiger partial charge in [0.2, 0.25) is 0 Å². The van der Waals surface area contributed by atoms with Crippen molar-refractivity contribution in [1.29, 1.82) is 5.41 Å². The van der Waals surface area contributed by atoms with Gasteiger partial charge in [-0.2, -0.15) is 18.2 Å². The van der Waals surface area contributed by atoms with Gasteiger partial charge in [-0.15, -0.1) is 0 Å². The summed E-state index contributed by atoms with van der Waals surface area (Å²) in [6, 6.07) is 9.72. The molecule has 3 N–H and O–H groups in total. The number of hydrogen-bond donors (Lipinski definition) is 3.